The molecule has 4 aromatic rings. The summed E-state index contributed by atoms with van der Waals surface area (Å²) in [7, 11) is 0. The minimum absolute atomic E-state index is 0. The maximum atomic E-state index is 2.43. The summed E-state index contributed by atoms with van der Waals surface area (Å²) < 4.78 is 0. The number of hydrogen-bond acceptors (Lipinski definition) is 0. The minimum atomic E-state index is 0. The predicted molar refractivity (Wildman–Crippen MR) is 154 cm³/mol. The van der Waals surface area contributed by atoms with Crippen molar-refractivity contribution in [3.05, 3.63) is 117 Å². The Balaban J connectivity index is 0.00000140. The fourth-order valence-corrected chi connectivity index (χ4v) is 6.61. The van der Waals surface area contributed by atoms with E-state index < -0.39 is 0 Å². The molecule has 0 saturated heterocycles. The van der Waals surface area contributed by atoms with Gasteiger partial charge in [-0.05, 0) is 103 Å². The van der Waals surface area contributed by atoms with Gasteiger partial charge in [0.05, 0.1) is 0 Å². The van der Waals surface area contributed by atoms with Crippen molar-refractivity contribution in [2.24, 2.45) is 0 Å². The minimum Gasteiger partial charge on any atom is -1.00 e. The average Bonchev–Trinajstić information content (AvgIpc) is 3.40. The molecule has 202 valence electrons. The van der Waals surface area contributed by atoms with E-state index >= 15 is 0 Å². The van der Waals surface area contributed by atoms with Crippen molar-refractivity contribution < 1.29 is 50.7 Å². The van der Waals surface area contributed by atoms with E-state index in [-0.39, 0.29) is 61.5 Å². The predicted octanol–water partition coefficient (Wildman–Crippen LogP) is 3.21. The van der Waals surface area contributed by atoms with Gasteiger partial charge >= 0.3 is 0 Å². The van der Waals surface area contributed by atoms with Crippen molar-refractivity contribution in [3.63, 3.8) is 0 Å². The normalized spacial score (nSPS) is 12.8. The Morgan fingerprint density at radius 2 is 0.872 bits per heavy atom. The van der Waals surface area contributed by atoms with Crippen molar-refractivity contribution in [3.8, 4) is 22.3 Å². The number of aryl methyl sites for hydroxylation is 2. The van der Waals surface area contributed by atoms with E-state index in [0.29, 0.717) is 0 Å². The molecular formula is C36H38Cl2Hf-2. The first kappa shape index (κ1) is 31.9. The Kier molecular flexibility index (Phi) is 9.53. The number of hydrogen-bond donors (Lipinski definition) is 0. The monoisotopic (exact) mass is 720 g/mol. The van der Waals surface area contributed by atoms with Crippen LogP contribution in [-0.4, -0.2) is 0 Å². The van der Waals surface area contributed by atoms with Crippen LogP contribution in [0.5, 0.6) is 0 Å². The second-order valence-electron chi connectivity index (χ2n) is 12.9. The van der Waals surface area contributed by atoms with Crippen molar-refractivity contribution in [1.29, 1.82) is 0 Å². The van der Waals surface area contributed by atoms with Gasteiger partial charge in [0.15, 0.2) is 0 Å². The summed E-state index contributed by atoms with van der Waals surface area (Å²) >= 11 is 0. The quantitative estimate of drug-likeness (QED) is 0.247. The Bertz CT molecular complexity index is 1390. The van der Waals surface area contributed by atoms with Crippen LogP contribution in [0.4, 0.5) is 0 Å². The summed E-state index contributed by atoms with van der Waals surface area (Å²) in [6, 6.07) is 27.8. The summed E-state index contributed by atoms with van der Waals surface area (Å²) in [5.41, 5.74) is 18.3. The van der Waals surface area contributed by atoms with Crippen molar-refractivity contribution in [1.82, 2.24) is 0 Å². The summed E-state index contributed by atoms with van der Waals surface area (Å²) in [5.74, 6) is 0. The molecular weight excluding hydrogens is 682 g/mol. The molecule has 0 unspecified atom stereocenters. The summed E-state index contributed by atoms with van der Waals surface area (Å²) in [5, 5.41) is 0. The van der Waals surface area contributed by atoms with E-state index in [9.17, 15) is 0 Å². The third kappa shape index (κ3) is 5.61. The van der Waals surface area contributed by atoms with Crippen LogP contribution in [0.25, 0.3) is 22.3 Å². The molecule has 4 aromatic carbocycles. The molecule has 0 fully saturated rings. The summed E-state index contributed by atoms with van der Waals surface area (Å²) in [4.78, 5) is 0. The molecule has 0 aromatic heterocycles. The van der Waals surface area contributed by atoms with Gasteiger partial charge in [-0.15, -0.1) is 0 Å². The Labute approximate surface area is 266 Å². The van der Waals surface area contributed by atoms with Crippen molar-refractivity contribution in [2.45, 2.75) is 78.1 Å². The van der Waals surface area contributed by atoms with Crippen LogP contribution in [0, 0.1) is 0 Å². The number of rotatable bonds is 3. The zero-order valence-corrected chi connectivity index (χ0v) is 29.1. The van der Waals surface area contributed by atoms with E-state index in [1.807, 2.05) is 0 Å². The molecule has 0 saturated carbocycles. The first-order valence-electron chi connectivity index (χ1n) is 13.6. The van der Waals surface area contributed by atoms with Gasteiger partial charge in [0.25, 0.3) is 0 Å². The number of halogens is 2. The van der Waals surface area contributed by atoms with Crippen LogP contribution in [-0.2, 0) is 62.4 Å². The second-order valence-corrected chi connectivity index (χ2v) is 12.9. The zero-order valence-electron chi connectivity index (χ0n) is 24.0. The maximum absolute atomic E-state index is 2.43. The molecule has 2 aliphatic rings. The third-order valence-corrected chi connectivity index (χ3v) is 8.41. The Morgan fingerprint density at radius 1 is 0.513 bits per heavy atom. The van der Waals surface area contributed by atoms with Crippen LogP contribution >= 0.6 is 0 Å². The molecule has 0 atom stereocenters. The van der Waals surface area contributed by atoms with Crippen LogP contribution in [0.15, 0.2) is 72.8 Å². The van der Waals surface area contributed by atoms with Crippen molar-refractivity contribution >= 4 is 0 Å². The molecule has 0 spiro atoms. The van der Waals surface area contributed by atoms with E-state index in [0.717, 1.165) is 25.7 Å². The second kappa shape index (κ2) is 11.7. The molecule has 0 heterocycles. The van der Waals surface area contributed by atoms with Crippen LogP contribution in [0.3, 0.4) is 0 Å². The molecule has 6 rings (SSSR count). The number of fused-ring (bicyclic) bond motifs is 6. The van der Waals surface area contributed by atoms with Gasteiger partial charge in [-0.1, -0.05) is 114 Å². The van der Waals surface area contributed by atoms with Gasteiger partial charge in [-0.2, -0.15) is 0 Å². The molecule has 0 nitrogen and oxygen atoms in total. The molecule has 0 radical (unpaired) electrons. The first-order valence-corrected chi connectivity index (χ1v) is 13.6. The van der Waals surface area contributed by atoms with Crippen molar-refractivity contribution in [2.75, 3.05) is 0 Å². The summed E-state index contributed by atoms with van der Waals surface area (Å²) in [6.07, 6.45) is 4.32. The van der Waals surface area contributed by atoms with Gasteiger partial charge in [0, 0.05) is 25.8 Å². The number of benzene rings is 4. The van der Waals surface area contributed by atoms with Crippen LogP contribution in [0.1, 0.15) is 86.1 Å². The molecule has 0 bridgehead atoms. The molecule has 2 aliphatic carbocycles. The molecule has 3 heteroatoms. The van der Waals surface area contributed by atoms with Gasteiger partial charge in [0.2, 0.25) is 0 Å². The van der Waals surface area contributed by atoms with Crippen LogP contribution in [0.2, 0.25) is 0 Å². The molecule has 39 heavy (non-hydrogen) atoms. The van der Waals surface area contributed by atoms with Crippen LogP contribution < -0.4 is 24.8 Å². The van der Waals surface area contributed by atoms with E-state index in [1.54, 1.807) is 11.1 Å². The Morgan fingerprint density at radius 3 is 1.23 bits per heavy atom. The van der Waals surface area contributed by atoms with E-state index in [4.69, 9.17) is 0 Å². The smallest absolute Gasteiger partial charge is 0 e. The van der Waals surface area contributed by atoms with Gasteiger partial charge in [-0.3, -0.25) is 0 Å². The average molecular weight is 720 g/mol. The first-order chi connectivity index (χ1) is 17.1. The fraction of sp³-hybridized carbons (Fsp3) is 0.333. The standard InChI is InChI=1S/C36H38.2ClH.Hf/c1-35(2,3)31-19-17-23(29-21-25-11-7-9-13-27(25)33(29)31)15-16-24-18-20-32(36(4,5)6)34-28-14-10-8-12-26(28)22-30(24)34;;;/h7-14,17-20H,15-16,21-22H2,1-6H3;2*1H;/p-2. The van der Waals surface area contributed by atoms with Gasteiger partial charge < -0.3 is 24.8 Å². The maximum Gasteiger partial charge on any atom is 0 e. The van der Waals surface area contributed by atoms with E-state index in [1.165, 1.54) is 55.6 Å². The van der Waals surface area contributed by atoms with Gasteiger partial charge in [0.1, 0.15) is 0 Å². The fourth-order valence-electron chi connectivity index (χ4n) is 6.61. The SMILES string of the molecule is CC(C)(C)c1ccc(CCc2ccc(C(C)(C)C)c3c2Cc2ccccc2-3)c2c1-c1ccccc1C2.[Cl-].[Cl-].[Hf]. The summed E-state index contributed by atoms with van der Waals surface area (Å²) in [6.45, 7) is 14.1. The third-order valence-electron chi connectivity index (χ3n) is 8.41. The molecule has 0 amide bonds. The largest absolute Gasteiger partial charge is 1.00 e. The van der Waals surface area contributed by atoms with E-state index in [2.05, 4.69) is 114 Å². The Hall–Kier alpha value is -1.67. The zero-order chi connectivity index (χ0) is 25.2. The van der Waals surface area contributed by atoms with Gasteiger partial charge in [-0.25, -0.2) is 0 Å². The molecule has 0 aliphatic heterocycles. The topological polar surface area (TPSA) is 0 Å². The molecule has 0 N–H and O–H groups in total.